The van der Waals surface area contributed by atoms with Crippen molar-refractivity contribution in [1.29, 1.82) is 0 Å². The van der Waals surface area contributed by atoms with Gasteiger partial charge in [0.15, 0.2) is 0 Å². The first-order chi connectivity index (χ1) is 16.5. The second-order valence-electron chi connectivity index (χ2n) is 8.86. The SMILES string of the molecule is CCCCN(CCCC)CCCN1C(=O)C(=O)C(=C(O)c2ccccc2)[C@H]1c1cccc(O)c1. The molecule has 1 heterocycles. The van der Waals surface area contributed by atoms with Gasteiger partial charge < -0.3 is 20.0 Å². The Morgan fingerprint density at radius 1 is 0.912 bits per heavy atom. The largest absolute Gasteiger partial charge is 0.508 e. The number of nitrogens with zero attached hydrogens (tertiary/aromatic N) is 2. The molecule has 0 spiro atoms. The monoisotopic (exact) mass is 464 g/mol. The maximum atomic E-state index is 13.1. The molecule has 0 unspecified atom stereocenters. The first kappa shape index (κ1) is 25.5. The van der Waals surface area contributed by atoms with E-state index in [0.29, 0.717) is 17.7 Å². The third-order valence-electron chi connectivity index (χ3n) is 6.30. The predicted octanol–water partition coefficient (Wildman–Crippen LogP) is 5.11. The number of benzene rings is 2. The van der Waals surface area contributed by atoms with Gasteiger partial charge in [-0.15, -0.1) is 0 Å². The van der Waals surface area contributed by atoms with Crippen molar-refractivity contribution in [2.24, 2.45) is 0 Å². The highest BCUT2D eigenvalue weighted by Crippen LogP contribution is 2.40. The third-order valence-corrected chi connectivity index (χ3v) is 6.30. The Morgan fingerprint density at radius 3 is 2.18 bits per heavy atom. The summed E-state index contributed by atoms with van der Waals surface area (Å²) in [6.45, 7) is 7.65. The van der Waals surface area contributed by atoms with E-state index in [1.54, 1.807) is 53.4 Å². The zero-order chi connectivity index (χ0) is 24.5. The number of rotatable bonds is 12. The first-order valence-corrected chi connectivity index (χ1v) is 12.3. The van der Waals surface area contributed by atoms with E-state index in [1.165, 1.54) is 0 Å². The molecule has 182 valence electrons. The number of ketones is 1. The molecule has 1 aliphatic rings. The summed E-state index contributed by atoms with van der Waals surface area (Å²) in [5.41, 5.74) is 1.15. The Morgan fingerprint density at radius 2 is 1.56 bits per heavy atom. The van der Waals surface area contributed by atoms with E-state index in [2.05, 4.69) is 18.7 Å². The molecular formula is C28H36N2O4. The Labute approximate surface area is 202 Å². The Kier molecular flexibility index (Phi) is 9.28. The number of aliphatic hydroxyl groups is 1. The summed E-state index contributed by atoms with van der Waals surface area (Å²) >= 11 is 0. The van der Waals surface area contributed by atoms with Gasteiger partial charge in [0.25, 0.3) is 11.7 Å². The van der Waals surface area contributed by atoms with E-state index in [1.807, 2.05) is 6.07 Å². The zero-order valence-corrected chi connectivity index (χ0v) is 20.2. The van der Waals surface area contributed by atoms with E-state index >= 15 is 0 Å². The summed E-state index contributed by atoms with van der Waals surface area (Å²) < 4.78 is 0. The molecule has 1 amide bonds. The fraction of sp³-hybridized carbons (Fsp3) is 0.429. The second kappa shape index (κ2) is 12.4. The van der Waals surface area contributed by atoms with Gasteiger partial charge >= 0.3 is 0 Å². The molecule has 1 atom stereocenters. The molecule has 0 saturated carbocycles. The molecule has 6 nitrogen and oxygen atoms in total. The minimum atomic E-state index is -0.743. The summed E-state index contributed by atoms with van der Waals surface area (Å²) in [6.07, 6.45) is 5.26. The van der Waals surface area contributed by atoms with Crippen LogP contribution in [0.3, 0.4) is 0 Å². The van der Waals surface area contributed by atoms with E-state index in [-0.39, 0.29) is 17.1 Å². The summed E-state index contributed by atoms with van der Waals surface area (Å²) in [5.74, 6) is -1.45. The third kappa shape index (κ3) is 6.06. The molecule has 3 rings (SSSR count). The van der Waals surface area contributed by atoms with Gasteiger partial charge in [-0.3, -0.25) is 9.59 Å². The van der Waals surface area contributed by atoms with Crippen LogP contribution in [-0.2, 0) is 9.59 Å². The number of phenols is 1. The van der Waals surface area contributed by atoms with Gasteiger partial charge in [0.05, 0.1) is 11.6 Å². The molecule has 34 heavy (non-hydrogen) atoms. The lowest BCUT2D eigenvalue weighted by molar-refractivity contribution is -0.140. The van der Waals surface area contributed by atoms with Gasteiger partial charge in [-0.25, -0.2) is 0 Å². The average Bonchev–Trinajstić information content (AvgIpc) is 3.10. The minimum absolute atomic E-state index is 0.0492. The summed E-state index contributed by atoms with van der Waals surface area (Å²) in [6, 6.07) is 14.6. The number of unbranched alkanes of at least 4 members (excludes halogenated alkanes) is 2. The van der Waals surface area contributed by atoms with Gasteiger partial charge in [-0.05, 0) is 56.6 Å². The van der Waals surface area contributed by atoms with Crippen molar-refractivity contribution in [2.75, 3.05) is 26.2 Å². The van der Waals surface area contributed by atoms with Crippen molar-refractivity contribution in [3.05, 3.63) is 71.3 Å². The summed E-state index contributed by atoms with van der Waals surface area (Å²) in [5, 5.41) is 21.1. The van der Waals surface area contributed by atoms with Crippen molar-refractivity contribution < 1.29 is 19.8 Å². The van der Waals surface area contributed by atoms with Gasteiger partial charge in [0, 0.05) is 12.1 Å². The zero-order valence-electron chi connectivity index (χ0n) is 20.2. The fourth-order valence-corrected chi connectivity index (χ4v) is 4.47. The Hall–Kier alpha value is -3.12. The highest BCUT2D eigenvalue weighted by Gasteiger charge is 2.45. The van der Waals surface area contributed by atoms with Gasteiger partial charge in [0.1, 0.15) is 11.5 Å². The molecule has 0 aliphatic carbocycles. The van der Waals surface area contributed by atoms with Crippen molar-refractivity contribution >= 4 is 17.4 Å². The molecule has 1 aliphatic heterocycles. The Balaban J connectivity index is 1.89. The topological polar surface area (TPSA) is 81.1 Å². The number of Topliss-reactive ketones (excluding diaryl/α,β-unsaturated/α-hetero) is 1. The van der Waals surface area contributed by atoms with E-state index in [9.17, 15) is 19.8 Å². The van der Waals surface area contributed by atoms with Crippen LogP contribution in [0.5, 0.6) is 5.75 Å². The van der Waals surface area contributed by atoms with Crippen LogP contribution in [0.4, 0.5) is 0 Å². The number of carbonyl (C=O) groups excluding carboxylic acids is 2. The smallest absolute Gasteiger partial charge is 0.295 e. The van der Waals surface area contributed by atoms with Crippen LogP contribution >= 0.6 is 0 Å². The lowest BCUT2D eigenvalue weighted by atomic mass is 9.95. The van der Waals surface area contributed by atoms with Crippen LogP contribution < -0.4 is 0 Å². The molecule has 0 radical (unpaired) electrons. The number of amides is 1. The van der Waals surface area contributed by atoms with Crippen molar-refractivity contribution in [3.63, 3.8) is 0 Å². The maximum Gasteiger partial charge on any atom is 0.295 e. The number of carbonyl (C=O) groups is 2. The summed E-state index contributed by atoms with van der Waals surface area (Å²) in [4.78, 5) is 30.2. The fourth-order valence-electron chi connectivity index (χ4n) is 4.47. The second-order valence-corrected chi connectivity index (χ2v) is 8.86. The van der Waals surface area contributed by atoms with Gasteiger partial charge in [0.2, 0.25) is 0 Å². The number of aliphatic hydroxyl groups excluding tert-OH is 1. The van der Waals surface area contributed by atoms with Crippen LogP contribution in [-0.4, -0.2) is 57.9 Å². The van der Waals surface area contributed by atoms with Crippen LogP contribution in [0.15, 0.2) is 60.2 Å². The lowest BCUT2D eigenvalue weighted by Crippen LogP contribution is -2.34. The van der Waals surface area contributed by atoms with Crippen LogP contribution in [0.2, 0.25) is 0 Å². The van der Waals surface area contributed by atoms with Crippen molar-refractivity contribution in [2.45, 2.75) is 52.0 Å². The first-order valence-electron chi connectivity index (χ1n) is 12.3. The van der Waals surface area contributed by atoms with Crippen molar-refractivity contribution in [3.8, 4) is 5.75 Å². The molecular weight excluding hydrogens is 428 g/mol. The molecule has 2 aromatic carbocycles. The highest BCUT2D eigenvalue weighted by atomic mass is 16.3. The van der Waals surface area contributed by atoms with E-state index in [4.69, 9.17) is 0 Å². The molecule has 1 fully saturated rings. The lowest BCUT2D eigenvalue weighted by Gasteiger charge is -2.27. The van der Waals surface area contributed by atoms with Crippen molar-refractivity contribution in [1.82, 2.24) is 9.80 Å². The number of phenolic OH excluding ortho intramolecular Hbond substituents is 1. The standard InChI is InChI=1S/C28H36N2O4/c1-3-5-16-29(17-6-4-2)18-11-19-30-25(22-14-10-15-23(31)20-22)24(27(33)28(30)34)26(32)21-12-8-7-9-13-21/h7-10,12-15,20,25,31-32H,3-6,11,16-19H2,1-2H3/t25-/m1/s1. The molecule has 0 aromatic heterocycles. The molecule has 2 aromatic rings. The maximum absolute atomic E-state index is 13.1. The number of likely N-dealkylation sites (tertiary alicyclic amines) is 1. The molecule has 0 bridgehead atoms. The van der Waals surface area contributed by atoms with Crippen LogP contribution in [0, 0.1) is 0 Å². The quantitative estimate of drug-likeness (QED) is 0.259. The van der Waals surface area contributed by atoms with E-state index in [0.717, 1.165) is 51.7 Å². The number of hydrogen-bond acceptors (Lipinski definition) is 5. The minimum Gasteiger partial charge on any atom is -0.508 e. The van der Waals surface area contributed by atoms with Crippen LogP contribution in [0.25, 0.3) is 5.76 Å². The normalized spacial score (nSPS) is 17.6. The molecule has 2 N–H and O–H groups in total. The van der Waals surface area contributed by atoms with Crippen LogP contribution in [0.1, 0.15) is 63.1 Å². The Bertz CT molecular complexity index is 994. The summed E-state index contributed by atoms with van der Waals surface area (Å²) in [7, 11) is 0. The highest BCUT2D eigenvalue weighted by molar-refractivity contribution is 6.46. The van der Waals surface area contributed by atoms with E-state index < -0.39 is 17.7 Å². The molecule has 1 saturated heterocycles. The van der Waals surface area contributed by atoms with Gasteiger partial charge in [-0.1, -0.05) is 69.2 Å². The average molecular weight is 465 g/mol. The van der Waals surface area contributed by atoms with Gasteiger partial charge in [-0.2, -0.15) is 0 Å². The predicted molar refractivity (Wildman–Crippen MR) is 134 cm³/mol. The number of hydrogen-bond donors (Lipinski definition) is 2. The number of aromatic hydroxyl groups is 1. The molecule has 6 heteroatoms.